The van der Waals surface area contributed by atoms with E-state index in [9.17, 15) is 58.8 Å². The van der Waals surface area contributed by atoms with Crippen LogP contribution in [0.15, 0.2) is 21.9 Å². The zero-order chi connectivity index (χ0) is 27.9. The maximum Gasteiger partial charge on any atom is 0.483 e. The maximum absolute atomic E-state index is 12.2. The monoisotopic (exact) mass is 580 g/mol. The van der Waals surface area contributed by atoms with Crippen LogP contribution in [0.4, 0.5) is 0 Å². The summed E-state index contributed by atoms with van der Waals surface area (Å²) in [5.41, 5.74) is -1.78. The number of aromatic amines is 1. The average Bonchev–Trinajstić information content (AvgIpc) is 3.05. The molecule has 1 aromatic rings. The van der Waals surface area contributed by atoms with Crippen molar-refractivity contribution in [2.45, 2.75) is 55.2 Å². The van der Waals surface area contributed by atoms with Crippen LogP contribution in [0.5, 0.6) is 0 Å². The standard InChI is InChI=1S/C15H22N2O18P2/c18-5-1-2-17(15(26)16-5)12-9(22)6(19)4(32-12)3-31-36(27,28)35-37(29,30)34-14-10(23)7(20)8(21)11(33-14)13(24)25/h1-2,4,6-12,14,19-23H,3H2,(H,24,25)(H,27,28)(H,29,30)(H,16,18,26)/t4-,6-,7+,8-,9-,10-,11+,12?,14?/m1/s1. The second kappa shape index (κ2) is 11.1. The molecule has 37 heavy (non-hydrogen) atoms. The van der Waals surface area contributed by atoms with Gasteiger partial charge in [-0.25, -0.2) is 18.7 Å². The zero-order valence-electron chi connectivity index (χ0n) is 18.1. The topological polar surface area (TPSA) is 314 Å². The van der Waals surface area contributed by atoms with Crippen LogP contribution in [0.1, 0.15) is 6.23 Å². The van der Waals surface area contributed by atoms with Gasteiger partial charge in [0.05, 0.1) is 6.61 Å². The Morgan fingerprint density at radius 1 is 0.973 bits per heavy atom. The highest BCUT2D eigenvalue weighted by atomic mass is 31.3. The number of aliphatic carboxylic acids is 1. The summed E-state index contributed by atoms with van der Waals surface area (Å²) < 4.78 is 47.6. The average molecular weight is 580 g/mol. The smallest absolute Gasteiger partial charge is 0.479 e. The molecule has 0 aliphatic carbocycles. The van der Waals surface area contributed by atoms with Gasteiger partial charge in [0.25, 0.3) is 5.56 Å². The molecule has 0 radical (unpaired) electrons. The number of aliphatic hydroxyl groups is 5. The normalized spacial score (nSPS) is 37.5. The van der Waals surface area contributed by atoms with Gasteiger partial charge in [0.2, 0.25) is 0 Å². The molecule has 4 unspecified atom stereocenters. The fraction of sp³-hybridized carbons (Fsp3) is 0.667. The summed E-state index contributed by atoms with van der Waals surface area (Å²) in [6, 6.07) is 0.910. The lowest BCUT2D eigenvalue weighted by Gasteiger charge is -2.38. The molecule has 3 rings (SSSR count). The molecule has 2 aliphatic heterocycles. The van der Waals surface area contributed by atoms with Crippen molar-refractivity contribution in [3.05, 3.63) is 33.1 Å². The first-order valence-corrected chi connectivity index (χ1v) is 13.0. The Balaban J connectivity index is 1.63. The van der Waals surface area contributed by atoms with E-state index >= 15 is 0 Å². The number of nitrogens with one attached hydrogen (secondary N) is 1. The molecule has 2 fully saturated rings. The van der Waals surface area contributed by atoms with Crippen molar-refractivity contribution in [3.8, 4) is 0 Å². The molecule has 0 aromatic carbocycles. The molecule has 11 atom stereocenters. The number of aromatic nitrogens is 2. The van der Waals surface area contributed by atoms with Gasteiger partial charge >= 0.3 is 27.3 Å². The lowest BCUT2D eigenvalue weighted by atomic mass is 9.99. The molecule has 210 valence electrons. The minimum atomic E-state index is -5.72. The number of hydrogen-bond acceptors (Lipinski definition) is 15. The fourth-order valence-electron chi connectivity index (χ4n) is 3.34. The molecular weight excluding hydrogens is 558 g/mol. The third-order valence-corrected chi connectivity index (χ3v) is 7.72. The molecule has 2 saturated heterocycles. The van der Waals surface area contributed by atoms with Crippen LogP contribution < -0.4 is 11.2 Å². The fourth-order valence-corrected chi connectivity index (χ4v) is 5.49. The summed E-state index contributed by atoms with van der Waals surface area (Å²) in [4.78, 5) is 55.5. The number of carbonyl (C=O) groups is 1. The van der Waals surface area contributed by atoms with Crippen molar-refractivity contribution in [1.82, 2.24) is 9.55 Å². The van der Waals surface area contributed by atoms with Gasteiger partial charge in [0, 0.05) is 12.3 Å². The number of phosphoric acid groups is 2. The van der Waals surface area contributed by atoms with E-state index in [-0.39, 0.29) is 0 Å². The predicted octanol–water partition coefficient (Wildman–Crippen LogP) is -4.70. The number of rotatable bonds is 9. The quantitative estimate of drug-likeness (QED) is 0.124. The molecule has 9 N–H and O–H groups in total. The third-order valence-electron chi connectivity index (χ3n) is 5.12. The number of hydrogen-bond donors (Lipinski definition) is 9. The Bertz CT molecular complexity index is 1200. The summed E-state index contributed by atoms with van der Waals surface area (Å²) in [5.74, 6) is -1.85. The summed E-state index contributed by atoms with van der Waals surface area (Å²) in [6.45, 7) is -1.07. The van der Waals surface area contributed by atoms with E-state index in [1.54, 1.807) is 0 Å². The van der Waals surface area contributed by atoms with E-state index in [0.29, 0.717) is 4.57 Å². The molecule has 0 bridgehead atoms. The van der Waals surface area contributed by atoms with Crippen molar-refractivity contribution in [1.29, 1.82) is 0 Å². The highest BCUT2D eigenvalue weighted by Gasteiger charge is 2.51. The van der Waals surface area contributed by atoms with E-state index in [1.165, 1.54) is 0 Å². The van der Waals surface area contributed by atoms with E-state index in [0.717, 1.165) is 12.3 Å². The van der Waals surface area contributed by atoms with Crippen molar-refractivity contribution < 1.29 is 77.2 Å². The van der Waals surface area contributed by atoms with Crippen LogP contribution in [0, 0.1) is 0 Å². The van der Waals surface area contributed by atoms with Crippen LogP contribution in [0.3, 0.4) is 0 Å². The van der Waals surface area contributed by atoms with Crippen molar-refractivity contribution >= 4 is 21.6 Å². The number of nitrogens with zero attached hydrogens (tertiary/aromatic N) is 1. The number of carboxylic acid groups (broad SMARTS) is 1. The first-order chi connectivity index (χ1) is 17.0. The molecule has 1 aromatic heterocycles. The molecule has 0 amide bonds. The van der Waals surface area contributed by atoms with Crippen LogP contribution in [-0.4, -0.2) is 112 Å². The Morgan fingerprint density at radius 3 is 2.22 bits per heavy atom. The number of phosphoric ester groups is 2. The van der Waals surface area contributed by atoms with Gasteiger partial charge in [0.1, 0.15) is 36.6 Å². The van der Waals surface area contributed by atoms with Crippen LogP contribution >= 0.6 is 15.6 Å². The van der Waals surface area contributed by atoms with Gasteiger partial charge in [-0.3, -0.25) is 23.4 Å². The number of ether oxygens (including phenoxy) is 2. The molecule has 20 nitrogen and oxygen atoms in total. The van der Waals surface area contributed by atoms with Crippen LogP contribution in [0.25, 0.3) is 0 Å². The molecule has 22 heteroatoms. The second-order valence-electron chi connectivity index (χ2n) is 7.72. The van der Waals surface area contributed by atoms with Crippen molar-refractivity contribution in [2.24, 2.45) is 0 Å². The summed E-state index contributed by atoms with van der Waals surface area (Å²) in [6.07, 6.45) is -17.2. The van der Waals surface area contributed by atoms with Crippen molar-refractivity contribution in [2.75, 3.05) is 6.61 Å². The van der Waals surface area contributed by atoms with E-state index in [4.69, 9.17) is 9.84 Å². The zero-order valence-corrected chi connectivity index (χ0v) is 19.8. The van der Waals surface area contributed by atoms with E-state index in [2.05, 4.69) is 18.1 Å². The Morgan fingerprint density at radius 2 is 1.62 bits per heavy atom. The first-order valence-electron chi connectivity index (χ1n) is 9.98. The van der Waals surface area contributed by atoms with Gasteiger partial charge in [-0.05, 0) is 0 Å². The summed E-state index contributed by atoms with van der Waals surface area (Å²) in [7, 11) is -11.3. The second-order valence-corrected chi connectivity index (χ2v) is 10.7. The van der Waals surface area contributed by atoms with E-state index in [1.807, 2.05) is 4.98 Å². The van der Waals surface area contributed by atoms with Gasteiger partial charge < -0.3 is 49.9 Å². The van der Waals surface area contributed by atoms with E-state index < -0.39 is 94.7 Å². The molecule has 0 spiro atoms. The lowest BCUT2D eigenvalue weighted by Crippen LogP contribution is -2.60. The van der Waals surface area contributed by atoms with Gasteiger partial charge in [-0.2, -0.15) is 4.31 Å². The number of H-pyrrole nitrogens is 1. The number of aliphatic hydroxyl groups excluding tert-OH is 5. The largest absolute Gasteiger partial charge is 0.483 e. The van der Waals surface area contributed by atoms with Gasteiger partial charge in [-0.1, -0.05) is 0 Å². The SMILES string of the molecule is O=C(O)[C@H]1OC(OP(=O)(O)OP(=O)(O)OC[C@H]2OC(n3ccc(=O)[nH]c3=O)[C@H](O)[C@@H]2O)[C@H](O)[C@@H](O)[C@H]1O. The summed E-state index contributed by atoms with van der Waals surface area (Å²) in [5, 5.41) is 58.3. The highest BCUT2D eigenvalue weighted by molar-refractivity contribution is 7.61. The molecular formula is C15H22N2O18P2. The van der Waals surface area contributed by atoms with Gasteiger partial charge in [-0.15, -0.1) is 0 Å². The molecule has 0 saturated carbocycles. The molecule has 2 aliphatic rings. The lowest BCUT2D eigenvalue weighted by molar-refractivity contribution is -0.274. The first kappa shape index (κ1) is 29.7. The Hall–Kier alpha value is -1.87. The van der Waals surface area contributed by atoms with Gasteiger partial charge in [0.15, 0.2) is 18.6 Å². The third kappa shape index (κ3) is 6.77. The summed E-state index contributed by atoms with van der Waals surface area (Å²) >= 11 is 0. The van der Waals surface area contributed by atoms with Crippen LogP contribution in [-0.2, 0) is 36.8 Å². The minimum Gasteiger partial charge on any atom is -0.479 e. The highest BCUT2D eigenvalue weighted by Crippen LogP contribution is 2.61. The Kier molecular flexibility index (Phi) is 8.89. The minimum absolute atomic E-state index is 0.700. The maximum atomic E-state index is 12.2. The molecule has 3 heterocycles. The predicted molar refractivity (Wildman–Crippen MR) is 109 cm³/mol. The van der Waals surface area contributed by atoms with Crippen LogP contribution in [0.2, 0.25) is 0 Å². The van der Waals surface area contributed by atoms with Crippen molar-refractivity contribution in [3.63, 3.8) is 0 Å². The Labute approximate surface area is 204 Å². The number of carboxylic acids is 1.